The van der Waals surface area contributed by atoms with Crippen LogP contribution in [0.15, 0.2) is 23.1 Å². The predicted molar refractivity (Wildman–Crippen MR) is 74.1 cm³/mol. The van der Waals surface area contributed by atoms with E-state index in [-0.39, 0.29) is 6.17 Å². The van der Waals surface area contributed by atoms with Crippen molar-refractivity contribution in [2.24, 2.45) is 5.73 Å². The molecule has 4 heteroatoms. The molecule has 0 aliphatic carbocycles. The maximum Gasteiger partial charge on any atom is 0.103 e. The number of benzene rings is 1. The van der Waals surface area contributed by atoms with Gasteiger partial charge in [0.15, 0.2) is 0 Å². The Kier molecular flexibility index (Phi) is 3.74. The van der Waals surface area contributed by atoms with Crippen LogP contribution < -0.4 is 5.73 Å². The topological polar surface area (TPSA) is 43.8 Å². The average Bonchev–Trinajstić information content (AvgIpc) is 2.75. The van der Waals surface area contributed by atoms with Gasteiger partial charge < -0.3 is 5.73 Å². The number of aromatic nitrogens is 2. The summed E-state index contributed by atoms with van der Waals surface area (Å²) in [5, 5.41) is 5.82. The molecular weight excluding hydrogens is 230 g/mol. The second-order valence-electron chi connectivity index (χ2n) is 3.95. The highest BCUT2D eigenvalue weighted by Crippen LogP contribution is 2.26. The van der Waals surface area contributed by atoms with Crippen molar-refractivity contribution in [2.45, 2.75) is 31.3 Å². The molecule has 1 aromatic carbocycles. The van der Waals surface area contributed by atoms with Crippen LogP contribution in [0.1, 0.15) is 25.7 Å². The fourth-order valence-corrected chi connectivity index (χ4v) is 2.37. The van der Waals surface area contributed by atoms with Gasteiger partial charge in [0, 0.05) is 10.3 Å². The van der Waals surface area contributed by atoms with Gasteiger partial charge in [0.1, 0.15) is 6.17 Å². The minimum Gasteiger partial charge on any atom is -0.309 e. The number of hydrogen-bond acceptors (Lipinski definition) is 3. The summed E-state index contributed by atoms with van der Waals surface area (Å²) in [4.78, 5) is 1.24. The molecule has 1 unspecified atom stereocenters. The number of hydrogen-bond donors (Lipinski definition) is 1. The highest BCUT2D eigenvalue weighted by molar-refractivity contribution is 7.98. The molecule has 17 heavy (non-hydrogen) atoms. The first-order valence-electron chi connectivity index (χ1n) is 5.81. The molecule has 0 saturated carbocycles. The summed E-state index contributed by atoms with van der Waals surface area (Å²) in [5.74, 6) is 0. The smallest absolute Gasteiger partial charge is 0.103 e. The fourth-order valence-electron chi connectivity index (χ4n) is 1.94. The number of nitrogens with two attached hydrogens (primary N) is 1. The Labute approximate surface area is 106 Å². The second kappa shape index (κ2) is 5.10. The fraction of sp³-hybridized carbons (Fsp3) is 0.385. The van der Waals surface area contributed by atoms with E-state index in [2.05, 4.69) is 36.5 Å². The van der Waals surface area contributed by atoms with E-state index >= 15 is 0 Å². The van der Waals surface area contributed by atoms with Crippen LogP contribution >= 0.6 is 11.8 Å². The molecule has 1 aromatic heterocycles. The monoisotopic (exact) mass is 248 g/mol. The summed E-state index contributed by atoms with van der Waals surface area (Å²) in [6.07, 6.45) is 4.81. The van der Waals surface area contributed by atoms with Crippen LogP contribution in [0.25, 0.3) is 10.9 Å². The lowest BCUT2D eigenvalue weighted by Gasteiger charge is -2.10. The minimum atomic E-state index is -0.157. The van der Waals surface area contributed by atoms with Crippen molar-refractivity contribution in [1.29, 1.82) is 0 Å². The van der Waals surface area contributed by atoms with Gasteiger partial charge in [-0.25, -0.2) is 4.68 Å². The standard InChI is InChI=1S/C13H18N3S/c1-4-11-10-7-6-9(17-3)8-12(10)16(15-11)13(14)5-2/h5-8,13H,4,14H2,1-3H3. The Morgan fingerprint density at radius 2 is 2.29 bits per heavy atom. The molecule has 2 aromatic rings. The van der Waals surface area contributed by atoms with E-state index in [1.807, 2.05) is 18.0 Å². The normalized spacial score (nSPS) is 13.2. The van der Waals surface area contributed by atoms with E-state index in [0.29, 0.717) is 0 Å². The molecule has 91 valence electrons. The van der Waals surface area contributed by atoms with Gasteiger partial charge in [0.2, 0.25) is 0 Å². The number of thioether (sulfide) groups is 1. The SMILES string of the molecule is C[CH]C(N)n1nc(CC)c2ccc(SC)cc21. The van der Waals surface area contributed by atoms with Crippen molar-refractivity contribution in [1.82, 2.24) is 9.78 Å². The maximum absolute atomic E-state index is 6.06. The van der Waals surface area contributed by atoms with Gasteiger partial charge in [0.25, 0.3) is 0 Å². The van der Waals surface area contributed by atoms with Gasteiger partial charge in [-0.05, 0) is 37.3 Å². The van der Waals surface area contributed by atoms with Crippen LogP contribution in [0, 0.1) is 6.42 Å². The summed E-state index contributed by atoms with van der Waals surface area (Å²) >= 11 is 1.74. The summed E-state index contributed by atoms with van der Waals surface area (Å²) < 4.78 is 1.91. The molecule has 0 bridgehead atoms. The zero-order valence-corrected chi connectivity index (χ0v) is 11.3. The van der Waals surface area contributed by atoms with Crippen LogP contribution in [0.3, 0.4) is 0 Å². The maximum atomic E-state index is 6.06. The van der Waals surface area contributed by atoms with Gasteiger partial charge in [-0.15, -0.1) is 11.8 Å². The van der Waals surface area contributed by atoms with Crippen molar-refractivity contribution in [2.75, 3.05) is 6.26 Å². The summed E-state index contributed by atoms with van der Waals surface area (Å²) in [5.41, 5.74) is 8.30. The first-order chi connectivity index (χ1) is 8.21. The Morgan fingerprint density at radius 3 is 2.88 bits per heavy atom. The lowest BCUT2D eigenvalue weighted by Crippen LogP contribution is -2.19. The highest BCUT2D eigenvalue weighted by Gasteiger charge is 2.13. The number of rotatable bonds is 4. The Morgan fingerprint density at radius 1 is 1.53 bits per heavy atom. The molecule has 1 atom stereocenters. The van der Waals surface area contributed by atoms with Crippen molar-refractivity contribution in [3.05, 3.63) is 30.3 Å². The zero-order chi connectivity index (χ0) is 12.4. The van der Waals surface area contributed by atoms with Crippen molar-refractivity contribution < 1.29 is 0 Å². The highest BCUT2D eigenvalue weighted by atomic mass is 32.2. The van der Waals surface area contributed by atoms with Crippen LogP contribution in [0.4, 0.5) is 0 Å². The summed E-state index contributed by atoms with van der Waals surface area (Å²) in [7, 11) is 0. The van der Waals surface area contributed by atoms with E-state index in [1.165, 1.54) is 10.3 Å². The largest absolute Gasteiger partial charge is 0.309 e. The molecule has 0 saturated heterocycles. The van der Waals surface area contributed by atoms with Crippen molar-refractivity contribution in [3.63, 3.8) is 0 Å². The van der Waals surface area contributed by atoms with Gasteiger partial charge in [0.05, 0.1) is 11.2 Å². The summed E-state index contributed by atoms with van der Waals surface area (Å²) in [6.45, 7) is 4.08. The molecule has 2 N–H and O–H groups in total. The Bertz CT molecular complexity index is 519. The van der Waals surface area contributed by atoms with Crippen LogP contribution in [-0.2, 0) is 6.42 Å². The molecular formula is C13H18N3S. The quantitative estimate of drug-likeness (QED) is 0.846. The second-order valence-corrected chi connectivity index (χ2v) is 4.83. The lowest BCUT2D eigenvalue weighted by molar-refractivity contribution is 0.538. The lowest BCUT2D eigenvalue weighted by atomic mass is 10.2. The van der Waals surface area contributed by atoms with Crippen LogP contribution in [0.2, 0.25) is 0 Å². The van der Waals surface area contributed by atoms with Crippen molar-refractivity contribution >= 4 is 22.7 Å². The third-order valence-corrected chi connectivity index (χ3v) is 3.68. The number of fused-ring (bicyclic) bond motifs is 1. The molecule has 0 amide bonds. The number of aryl methyl sites for hydroxylation is 1. The van der Waals surface area contributed by atoms with Gasteiger partial charge >= 0.3 is 0 Å². The molecule has 1 heterocycles. The van der Waals surface area contributed by atoms with E-state index in [1.54, 1.807) is 11.8 Å². The van der Waals surface area contributed by atoms with E-state index in [0.717, 1.165) is 17.6 Å². The first-order valence-corrected chi connectivity index (χ1v) is 7.04. The van der Waals surface area contributed by atoms with E-state index in [4.69, 9.17) is 5.73 Å². The van der Waals surface area contributed by atoms with E-state index < -0.39 is 0 Å². The molecule has 0 aliphatic heterocycles. The Hall–Kier alpha value is -1.00. The average molecular weight is 248 g/mol. The van der Waals surface area contributed by atoms with Crippen LogP contribution in [-0.4, -0.2) is 16.0 Å². The van der Waals surface area contributed by atoms with Crippen molar-refractivity contribution in [3.8, 4) is 0 Å². The molecule has 0 fully saturated rings. The van der Waals surface area contributed by atoms with Gasteiger partial charge in [-0.1, -0.05) is 13.8 Å². The van der Waals surface area contributed by atoms with Gasteiger partial charge in [-0.2, -0.15) is 5.10 Å². The predicted octanol–water partition coefficient (Wildman–Crippen LogP) is 3.00. The first kappa shape index (κ1) is 12.5. The van der Waals surface area contributed by atoms with Crippen LogP contribution in [0.5, 0.6) is 0 Å². The zero-order valence-electron chi connectivity index (χ0n) is 10.5. The third-order valence-electron chi connectivity index (χ3n) is 2.95. The minimum absolute atomic E-state index is 0.157. The molecule has 0 aliphatic rings. The Balaban J connectivity index is 2.65. The third kappa shape index (κ3) is 2.19. The molecule has 0 spiro atoms. The summed E-state index contributed by atoms with van der Waals surface area (Å²) in [6, 6.07) is 6.45. The number of nitrogens with zero attached hydrogens (tertiary/aromatic N) is 2. The molecule has 1 radical (unpaired) electrons. The molecule has 3 nitrogen and oxygen atoms in total. The molecule has 2 rings (SSSR count). The van der Waals surface area contributed by atoms with Gasteiger partial charge in [-0.3, -0.25) is 0 Å². The van der Waals surface area contributed by atoms with E-state index in [9.17, 15) is 0 Å².